The van der Waals surface area contributed by atoms with Gasteiger partial charge in [-0.3, -0.25) is 10.3 Å². The van der Waals surface area contributed by atoms with Gasteiger partial charge in [-0.1, -0.05) is 12.8 Å². The van der Waals surface area contributed by atoms with Gasteiger partial charge in [-0.2, -0.15) is 0 Å². The third kappa shape index (κ3) is 4.58. The van der Waals surface area contributed by atoms with Crippen molar-refractivity contribution in [1.82, 2.24) is 20.3 Å². The molecule has 3 aromatic heterocycles. The van der Waals surface area contributed by atoms with Gasteiger partial charge in [0.25, 0.3) is 0 Å². The highest BCUT2D eigenvalue weighted by Crippen LogP contribution is 2.27. The summed E-state index contributed by atoms with van der Waals surface area (Å²) in [4.78, 5) is 25.6. The molecule has 9 nitrogen and oxygen atoms in total. The molecule has 2 N–H and O–H groups in total. The smallest absolute Gasteiger partial charge is 0.320 e. The first kappa shape index (κ1) is 20.2. The van der Waals surface area contributed by atoms with E-state index in [1.807, 2.05) is 6.92 Å². The minimum absolute atomic E-state index is 0.234. The minimum Gasteiger partial charge on any atom is -0.454 e. The highest BCUT2D eigenvalue weighted by molar-refractivity contribution is 5.89. The SMILES string of the molecule is CCOC(OC)c1ccc(-c2cnc3ccc(NC(=O)NC4CCCC4)nc3n2)o1. The number of rotatable bonds is 7. The van der Waals surface area contributed by atoms with E-state index >= 15 is 0 Å². The van der Waals surface area contributed by atoms with E-state index < -0.39 is 6.29 Å². The Morgan fingerprint density at radius 3 is 2.83 bits per heavy atom. The lowest BCUT2D eigenvalue weighted by Gasteiger charge is -2.12. The molecule has 3 heterocycles. The second kappa shape index (κ2) is 9.19. The Kier molecular flexibility index (Phi) is 6.20. The van der Waals surface area contributed by atoms with Gasteiger partial charge in [0.2, 0.25) is 6.29 Å². The minimum atomic E-state index is -0.579. The molecule has 0 spiro atoms. The van der Waals surface area contributed by atoms with E-state index in [1.165, 1.54) is 0 Å². The van der Waals surface area contributed by atoms with Crippen LogP contribution in [0.25, 0.3) is 22.6 Å². The Hall–Kier alpha value is -3.04. The highest BCUT2D eigenvalue weighted by Gasteiger charge is 2.18. The lowest BCUT2D eigenvalue weighted by Crippen LogP contribution is -2.36. The van der Waals surface area contributed by atoms with E-state index in [0.717, 1.165) is 25.7 Å². The van der Waals surface area contributed by atoms with Crippen molar-refractivity contribution in [3.05, 3.63) is 36.2 Å². The number of aromatic nitrogens is 3. The lowest BCUT2D eigenvalue weighted by atomic mass is 10.2. The number of nitrogens with one attached hydrogen (secondary N) is 2. The van der Waals surface area contributed by atoms with Crippen molar-refractivity contribution >= 4 is 23.0 Å². The fourth-order valence-corrected chi connectivity index (χ4v) is 3.53. The molecular weight excluding hydrogens is 386 g/mol. The van der Waals surface area contributed by atoms with Crippen LogP contribution in [0.1, 0.15) is 44.7 Å². The summed E-state index contributed by atoms with van der Waals surface area (Å²) in [6.45, 7) is 2.38. The number of fused-ring (bicyclic) bond motifs is 1. The zero-order valence-corrected chi connectivity index (χ0v) is 17.1. The summed E-state index contributed by atoms with van der Waals surface area (Å²) in [6.07, 6.45) is 5.39. The molecule has 1 fully saturated rings. The molecule has 2 amide bonds. The number of hydrogen-bond acceptors (Lipinski definition) is 7. The largest absolute Gasteiger partial charge is 0.454 e. The Balaban J connectivity index is 1.51. The number of methoxy groups -OCH3 is 1. The molecule has 1 unspecified atom stereocenters. The molecule has 4 rings (SSSR count). The molecule has 0 aromatic carbocycles. The molecule has 1 atom stereocenters. The predicted octanol–water partition coefficient (Wildman–Crippen LogP) is 4.03. The van der Waals surface area contributed by atoms with Crippen molar-refractivity contribution in [2.75, 3.05) is 19.0 Å². The molecule has 158 valence electrons. The molecule has 0 radical (unpaired) electrons. The first-order valence-corrected chi connectivity index (χ1v) is 10.1. The maximum Gasteiger partial charge on any atom is 0.320 e. The number of hydrogen-bond donors (Lipinski definition) is 2. The Labute approximate surface area is 174 Å². The third-order valence-corrected chi connectivity index (χ3v) is 4.98. The number of furan rings is 1. The molecule has 0 aliphatic heterocycles. The first-order chi connectivity index (χ1) is 14.7. The summed E-state index contributed by atoms with van der Waals surface area (Å²) in [5.74, 6) is 1.49. The second-order valence-corrected chi connectivity index (χ2v) is 7.10. The third-order valence-electron chi connectivity index (χ3n) is 4.98. The Morgan fingerprint density at radius 1 is 1.23 bits per heavy atom. The van der Waals surface area contributed by atoms with E-state index in [0.29, 0.717) is 40.8 Å². The quantitative estimate of drug-likeness (QED) is 0.565. The van der Waals surface area contributed by atoms with Crippen LogP contribution in [0.5, 0.6) is 0 Å². The summed E-state index contributed by atoms with van der Waals surface area (Å²) in [6, 6.07) is 7.03. The van der Waals surface area contributed by atoms with Crippen LogP contribution >= 0.6 is 0 Å². The van der Waals surface area contributed by atoms with Gasteiger partial charge < -0.3 is 19.2 Å². The van der Waals surface area contributed by atoms with Gasteiger partial charge in [-0.05, 0) is 44.0 Å². The van der Waals surface area contributed by atoms with Crippen LogP contribution in [0, 0.1) is 0 Å². The van der Waals surface area contributed by atoms with Crippen molar-refractivity contribution in [3.8, 4) is 11.5 Å². The molecule has 0 saturated heterocycles. The van der Waals surface area contributed by atoms with Crippen LogP contribution in [-0.2, 0) is 9.47 Å². The standard InChI is InChI=1S/C21H25N5O4/c1-3-29-20(28-2)17-10-9-16(30-17)15-12-22-14-8-11-18(25-19(14)24-15)26-21(27)23-13-6-4-5-7-13/h8-13,20H,3-7H2,1-2H3,(H2,23,24,25,26,27). The number of anilines is 1. The fourth-order valence-electron chi connectivity index (χ4n) is 3.53. The molecular formula is C21H25N5O4. The summed E-state index contributed by atoms with van der Waals surface area (Å²) < 4.78 is 16.6. The van der Waals surface area contributed by atoms with Crippen LogP contribution in [0.15, 0.2) is 34.9 Å². The molecule has 1 aliphatic carbocycles. The van der Waals surface area contributed by atoms with Crippen LogP contribution < -0.4 is 10.6 Å². The van der Waals surface area contributed by atoms with E-state index in [2.05, 4.69) is 25.6 Å². The van der Waals surface area contributed by atoms with Gasteiger partial charge in [-0.15, -0.1) is 0 Å². The molecule has 3 aromatic rings. The number of carbonyl (C=O) groups is 1. The average molecular weight is 411 g/mol. The van der Waals surface area contributed by atoms with Crippen molar-refractivity contribution in [2.45, 2.75) is 44.9 Å². The van der Waals surface area contributed by atoms with Crippen molar-refractivity contribution < 1.29 is 18.7 Å². The maximum absolute atomic E-state index is 12.2. The zero-order chi connectivity index (χ0) is 20.9. The predicted molar refractivity (Wildman–Crippen MR) is 111 cm³/mol. The summed E-state index contributed by atoms with van der Waals surface area (Å²) >= 11 is 0. The normalized spacial score (nSPS) is 15.4. The average Bonchev–Trinajstić information content (AvgIpc) is 3.43. The number of urea groups is 1. The molecule has 1 saturated carbocycles. The first-order valence-electron chi connectivity index (χ1n) is 10.1. The number of amides is 2. The topological polar surface area (TPSA) is 111 Å². The van der Waals surface area contributed by atoms with Crippen molar-refractivity contribution in [3.63, 3.8) is 0 Å². The van der Waals surface area contributed by atoms with Gasteiger partial charge >= 0.3 is 6.03 Å². The Morgan fingerprint density at radius 2 is 2.07 bits per heavy atom. The lowest BCUT2D eigenvalue weighted by molar-refractivity contribution is -0.134. The number of ether oxygens (including phenoxy) is 2. The summed E-state index contributed by atoms with van der Waals surface area (Å²) in [5, 5.41) is 5.75. The van der Waals surface area contributed by atoms with Crippen molar-refractivity contribution in [2.24, 2.45) is 0 Å². The molecule has 1 aliphatic rings. The Bertz CT molecular complexity index is 1020. The monoisotopic (exact) mass is 411 g/mol. The zero-order valence-electron chi connectivity index (χ0n) is 17.1. The van der Waals surface area contributed by atoms with Crippen LogP contribution in [0.2, 0.25) is 0 Å². The van der Waals surface area contributed by atoms with E-state index in [9.17, 15) is 4.79 Å². The number of pyridine rings is 1. The fraction of sp³-hybridized carbons (Fsp3) is 0.429. The van der Waals surface area contributed by atoms with Gasteiger partial charge in [-0.25, -0.2) is 14.8 Å². The maximum atomic E-state index is 12.2. The molecule has 9 heteroatoms. The van der Waals surface area contributed by atoms with Gasteiger partial charge in [0, 0.05) is 19.8 Å². The van der Waals surface area contributed by atoms with Crippen molar-refractivity contribution in [1.29, 1.82) is 0 Å². The van der Waals surface area contributed by atoms with E-state index in [-0.39, 0.29) is 12.1 Å². The second-order valence-electron chi connectivity index (χ2n) is 7.10. The number of nitrogens with zero attached hydrogens (tertiary/aromatic N) is 3. The summed E-state index contributed by atoms with van der Waals surface area (Å²) in [5.41, 5.74) is 1.56. The highest BCUT2D eigenvalue weighted by atomic mass is 16.7. The van der Waals surface area contributed by atoms with Gasteiger partial charge in [0.15, 0.2) is 17.2 Å². The van der Waals surface area contributed by atoms with E-state index in [1.54, 1.807) is 37.6 Å². The molecule has 30 heavy (non-hydrogen) atoms. The number of carbonyl (C=O) groups excluding carboxylic acids is 1. The van der Waals surface area contributed by atoms with Crippen LogP contribution in [-0.4, -0.2) is 40.7 Å². The summed E-state index contributed by atoms with van der Waals surface area (Å²) in [7, 11) is 1.56. The van der Waals surface area contributed by atoms with Crippen LogP contribution in [0.4, 0.5) is 10.6 Å². The van der Waals surface area contributed by atoms with Crippen LogP contribution in [0.3, 0.4) is 0 Å². The van der Waals surface area contributed by atoms with E-state index in [4.69, 9.17) is 13.9 Å². The van der Waals surface area contributed by atoms with Gasteiger partial charge in [0.05, 0.1) is 6.20 Å². The molecule has 0 bridgehead atoms. The van der Waals surface area contributed by atoms with Gasteiger partial charge in [0.1, 0.15) is 17.0 Å².